The molecule has 0 saturated carbocycles. The Labute approximate surface area is 706 Å². The van der Waals surface area contributed by atoms with Gasteiger partial charge in [0.2, 0.25) is 0 Å². The molecule has 0 spiro atoms. The van der Waals surface area contributed by atoms with E-state index in [1.807, 2.05) is 0 Å². The molecule has 17 rings (SSSR count). The molecule has 0 aromatic heterocycles. The first kappa shape index (κ1) is 79.3. The highest BCUT2D eigenvalue weighted by Gasteiger charge is 2.50. The van der Waals surface area contributed by atoms with E-state index in [1.54, 1.807) is 0 Å². The summed E-state index contributed by atoms with van der Waals surface area (Å²) in [6.07, 6.45) is 0. The Morgan fingerprint density at radius 3 is 0.695 bits per heavy atom. The summed E-state index contributed by atoms with van der Waals surface area (Å²) in [4.78, 5) is 15.8. The lowest BCUT2D eigenvalue weighted by molar-refractivity contribution is 0.589. The number of para-hydroxylation sites is 2. The maximum absolute atomic E-state index is 2.71. The van der Waals surface area contributed by atoms with Gasteiger partial charge in [-0.1, -0.05) is 306 Å². The van der Waals surface area contributed by atoms with Gasteiger partial charge in [0.1, 0.15) is 0 Å². The molecule has 0 atom stereocenters. The van der Waals surface area contributed by atoms with E-state index in [0.717, 1.165) is 91.0 Å². The third-order valence-corrected chi connectivity index (χ3v) is 25.3. The molecule has 4 heterocycles. The lowest BCUT2D eigenvalue weighted by Crippen LogP contribution is -2.65. The summed E-state index contributed by atoms with van der Waals surface area (Å²) in [6.45, 7) is 55.9. The van der Waals surface area contributed by atoms with E-state index in [0.29, 0.717) is 0 Å². The van der Waals surface area contributed by atoms with Crippen molar-refractivity contribution in [2.45, 2.75) is 209 Å². The molecule has 0 aliphatic carbocycles. The molecule has 0 bridgehead atoms. The van der Waals surface area contributed by atoms with Crippen molar-refractivity contribution in [3.05, 3.63) is 324 Å². The standard InChI is InChI=1S/C110H118B2N6/c1-103(2,3)71-37-31-47-81(57-71)113(82-48-32-38-72(58-82)104(4,5)6)87-65-97-101-99(67-87)117(85-51-35-41-75(61-85)107(13,14)15)93-63-77(109(19,20)21)53-55-89(93)111(101)91-69-92-96(70-95(91)115(97)79-43-27-25-28-44-79)116(80-45-29-26-30-46-80)98-66-88(114(83-49-33-39-73(59-83)105(7,8)9)84-50-34-40-74(60-84)106(10,11)12)68-100-102(98)112(92)90-56-54-78(110(22,23)24)64-94(90)118(100)86-52-36-42-76(62-86)108(16,17)18/h25-70H,1-24H3. The predicted octanol–water partition coefficient (Wildman–Crippen LogP) is 27.2. The summed E-state index contributed by atoms with van der Waals surface area (Å²) in [5, 5.41) is 0. The van der Waals surface area contributed by atoms with Crippen molar-refractivity contribution in [1.29, 1.82) is 0 Å². The number of anilines is 18. The van der Waals surface area contributed by atoms with Crippen LogP contribution in [0.4, 0.5) is 102 Å². The van der Waals surface area contributed by atoms with E-state index >= 15 is 0 Å². The fraction of sp³-hybridized carbons (Fsp3) is 0.291. The quantitative estimate of drug-likeness (QED) is 0.126. The monoisotopic (exact) mass is 1540 g/mol. The van der Waals surface area contributed by atoms with Crippen molar-refractivity contribution in [2.75, 3.05) is 29.4 Å². The van der Waals surface area contributed by atoms with Crippen LogP contribution >= 0.6 is 0 Å². The van der Waals surface area contributed by atoms with Gasteiger partial charge in [-0.15, -0.1) is 0 Å². The maximum atomic E-state index is 2.71. The van der Waals surface area contributed by atoms with Gasteiger partial charge in [0.25, 0.3) is 13.4 Å². The highest BCUT2D eigenvalue weighted by atomic mass is 15.2. The van der Waals surface area contributed by atoms with E-state index in [4.69, 9.17) is 0 Å². The van der Waals surface area contributed by atoms with Crippen LogP contribution in [0.25, 0.3) is 0 Å². The smallest absolute Gasteiger partial charge is 0.252 e. The number of rotatable bonds is 10. The van der Waals surface area contributed by atoms with Crippen molar-refractivity contribution in [3.8, 4) is 0 Å². The molecule has 6 nitrogen and oxygen atoms in total. The van der Waals surface area contributed by atoms with Crippen LogP contribution in [0.2, 0.25) is 0 Å². The Morgan fingerprint density at radius 1 is 0.178 bits per heavy atom. The Kier molecular flexibility index (Phi) is 19.0. The summed E-state index contributed by atoms with van der Waals surface area (Å²) in [6, 6.07) is 110. The largest absolute Gasteiger partial charge is 0.311 e. The van der Waals surface area contributed by atoms with Crippen molar-refractivity contribution in [3.63, 3.8) is 0 Å². The molecule has 0 saturated heterocycles. The van der Waals surface area contributed by atoms with Crippen LogP contribution in [0.1, 0.15) is 211 Å². The van der Waals surface area contributed by atoms with Crippen LogP contribution in [0.5, 0.6) is 0 Å². The number of hydrogen-bond donors (Lipinski definition) is 0. The lowest BCUT2D eigenvalue weighted by atomic mass is 9.30. The molecule has 8 heteroatoms. The van der Waals surface area contributed by atoms with Gasteiger partial charge >= 0.3 is 0 Å². The molecule has 4 aliphatic rings. The molecule has 13 aromatic rings. The zero-order chi connectivity index (χ0) is 83.6. The normalized spacial score (nSPS) is 14.0. The summed E-state index contributed by atoms with van der Waals surface area (Å²) in [5.74, 6) is 0. The zero-order valence-electron chi connectivity index (χ0n) is 74.4. The number of nitrogens with zero attached hydrogens (tertiary/aromatic N) is 6. The van der Waals surface area contributed by atoms with E-state index < -0.39 is 0 Å². The summed E-state index contributed by atoms with van der Waals surface area (Å²) in [7, 11) is 0. The topological polar surface area (TPSA) is 19.4 Å². The van der Waals surface area contributed by atoms with Crippen molar-refractivity contribution >= 4 is 149 Å². The van der Waals surface area contributed by atoms with Crippen molar-refractivity contribution in [1.82, 2.24) is 0 Å². The molecular formula is C110H118B2N6. The minimum absolute atomic E-state index is 0.125. The minimum atomic E-state index is -0.245. The molecule has 0 unspecified atom stereocenters. The second-order valence-corrected chi connectivity index (χ2v) is 42.2. The summed E-state index contributed by atoms with van der Waals surface area (Å²) >= 11 is 0. The third kappa shape index (κ3) is 14.1. The number of benzene rings is 13. The highest BCUT2D eigenvalue weighted by Crippen LogP contribution is 2.55. The zero-order valence-corrected chi connectivity index (χ0v) is 74.4. The van der Waals surface area contributed by atoms with Crippen LogP contribution in [0.3, 0.4) is 0 Å². The van der Waals surface area contributed by atoms with Crippen LogP contribution in [0.15, 0.2) is 279 Å². The Morgan fingerprint density at radius 2 is 0.415 bits per heavy atom. The molecule has 0 radical (unpaired) electrons. The fourth-order valence-corrected chi connectivity index (χ4v) is 18.5. The molecule has 118 heavy (non-hydrogen) atoms. The fourth-order valence-electron chi connectivity index (χ4n) is 18.5. The maximum Gasteiger partial charge on any atom is 0.252 e. The minimum Gasteiger partial charge on any atom is -0.311 e. The molecule has 0 fully saturated rings. The van der Waals surface area contributed by atoms with Crippen molar-refractivity contribution < 1.29 is 0 Å². The number of hydrogen-bond acceptors (Lipinski definition) is 6. The highest BCUT2D eigenvalue weighted by molar-refractivity contribution is 7.03. The number of fused-ring (bicyclic) bond motifs is 8. The molecular weight excluding hydrogens is 1430 g/mol. The van der Waals surface area contributed by atoms with Gasteiger partial charge in [0, 0.05) is 91.0 Å². The van der Waals surface area contributed by atoms with Gasteiger partial charge in [0.15, 0.2) is 0 Å². The molecule has 0 amide bonds. The van der Waals surface area contributed by atoms with E-state index in [9.17, 15) is 0 Å². The van der Waals surface area contributed by atoms with Crippen LogP contribution < -0.4 is 62.2 Å². The van der Waals surface area contributed by atoms with Gasteiger partial charge < -0.3 is 29.4 Å². The average Bonchev–Trinajstić information content (AvgIpc) is 0.684. The third-order valence-electron chi connectivity index (χ3n) is 25.3. The lowest BCUT2D eigenvalue weighted by Gasteiger charge is -2.48. The van der Waals surface area contributed by atoms with Crippen LogP contribution in [-0.4, -0.2) is 13.4 Å². The first-order chi connectivity index (χ1) is 55.6. The second-order valence-electron chi connectivity index (χ2n) is 42.2. The van der Waals surface area contributed by atoms with E-state index in [-0.39, 0.29) is 56.7 Å². The SMILES string of the molecule is CC(C)(C)c1cccc(N(c2cccc(C(C)(C)C)c2)c2cc3c4c(c2)N(c2ccccc2)c2cc5c(cc2B4c2ccc(C(C)(C)C)cc2N3c2cccc(C(C)(C)C)c2)B2c3ccc(C(C)(C)C)cc3N(c3cccc(C(C)(C)C)c3)c3cc(N(c4cccc(C(C)(C)C)c4)c4cccc(C(C)(C)C)c4)cc(c32)N5c2ccccc2)c1. The Hall–Kier alpha value is -11.2. The van der Waals surface area contributed by atoms with Gasteiger partial charge in [-0.2, -0.15) is 0 Å². The second kappa shape index (κ2) is 28.2. The van der Waals surface area contributed by atoms with Gasteiger partial charge in [-0.25, -0.2) is 0 Å². The summed E-state index contributed by atoms with van der Waals surface area (Å²) in [5.41, 5.74) is 36.9. The van der Waals surface area contributed by atoms with Crippen LogP contribution in [-0.2, 0) is 43.3 Å². The van der Waals surface area contributed by atoms with E-state index in [2.05, 4.69) is 475 Å². The first-order valence-electron chi connectivity index (χ1n) is 42.9. The molecule has 13 aromatic carbocycles. The molecule has 4 aliphatic heterocycles. The van der Waals surface area contributed by atoms with Crippen LogP contribution in [0, 0.1) is 0 Å². The van der Waals surface area contributed by atoms with Gasteiger partial charge in [-0.05, 0) is 260 Å². The molecule has 0 N–H and O–H groups in total. The average molecular weight is 1550 g/mol. The predicted molar refractivity (Wildman–Crippen MR) is 513 cm³/mol. The first-order valence-corrected chi connectivity index (χ1v) is 42.9. The van der Waals surface area contributed by atoms with Gasteiger partial charge in [0.05, 0.1) is 11.4 Å². The summed E-state index contributed by atoms with van der Waals surface area (Å²) < 4.78 is 0. The molecule has 594 valence electrons. The van der Waals surface area contributed by atoms with Crippen molar-refractivity contribution in [2.24, 2.45) is 0 Å². The van der Waals surface area contributed by atoms with Gasteiger partial charge in [-0.3, -0.25) is 0 Å². The Bertz CT molecular complexity index is 5610. The van der Waals surface area contributed by atoms with E-state index in [1.165, 1.54) is 88.7 Å². The Balaban J connectivity index is 1.04.